The number of halogens is 1. The molecule has 0 amide bonds. The third-order valence-electron chi connectivity index (χ3n) is 2.26. The lowest BCUT2D eigenvalue weighted by Gasteiger charge is -2.03. The summed E-state index contributed by atoms with van der Waals surface area (Å²) in [5.74, 6) is 0.777. The first-order valence-corrected chi connectivity index (χ1v) is 6.45. The van der Waals surface area contributed by atoms with Crippen molar-refractivity contribution in [3.63, 3.8) is 0 Å². The lowest BCUT2D eigenvalue weighted by Crippen LogP contribution is -2.10. The quantitative estimate of drug-likeness (QED) is 0.668. The van der Waals surface area contributed by atoms with E-state index in [4.69, 9.17) is 27.5 Å². The molecule has 0 spiro atoms. The first-order chi connectivity index (χ1) is 8.56. The molecule has 18 heavy (non-hydrogen) atoms. The number of nitrogen functional groups attached to an aromatic ring is 1. The third kappa shape index (κ3) is 3.00. The predicted molar refractivity (Wildman–Crippen MR) is 73.7 cm³/mol. The van der Waals surface area contributed by atoms with E-state index in [1.807, 2.05) is 6.92 Å². The molecule has 0 aliphatic carbocycles. The normalized spacial score (nSPS) is 10.3. The van der Waals surface area contributed by atoms with Gasteiger partial charge in [-0.1, -0.05) is 11.6 Å². The Labute approximate surface area is 114 Å². The van der Waals surface area contributed by atoms with Gasteiger partial charge in [-0.25, -0.2) is 4.98 Å². The lowest BCUT2D eigenvalue weighted by atomic mass is 10.3. The minimum absolute atomic E-state index is 0.0442. The highest BCUT2D eigenvalue weighted by atomic mass is 35.5. The van der Waals surface area contributed by atoms with Gasteiger partial charge < -0.3 is 10.5 Å². The van der Waals surface area contributed by atoms with Crippen LogP contribution in [0, 0.1) is 12.3 Å². The van der Waals surface area contributed by atoms with Crippen molar-refractivity contribution in [2.75, 3.05) is 0 Å². The maximum Gasteiger partial charge on any atom is 0.140 e. The van der Waals surface area contributed by atoms with Gasteiger partial charge in [0.05, 0.1) is 10.6 Å². The average Bonchev–Trinajstić information content (AvgIpc) is 2.70. The highest BCUT2D eigenvalue weighted by Crippen LogP contribution is 2.20. The van der Waals surface area contributed by atoms with Crippen molar-refractivity contribution in [2.45, 2.75) is 13.5 Å². The number of hydrogen-bond donors (Lipinski definition) is 2. The van der Waals surface area contributed by atoms with Crippen molar-refractivity contribution in [1.82, 2.24) is 4.98 Å². The van der Waals surface area contributed by atoms with Crippen LogP contribution in [0.1, 0.15) is 15.6 Å². The molecule has 6 heteroatoms. The van der Waals surface area contributed by atoms with E-state index in [0.29, 0.717) is 16.5 Å². The number of rotatable bonds is 4. The van der Waals surface area contributed by atoms with Crippen LogP contribution in [0.3, 0.4) is 0 Å². The van der Waals surface area contributed by atoms with Crippen LogP contribution in [0.4, 0.5) is 0 Å². The molecule has 0 bridgehead atoms. The predicted octanol–water partition coefficient (Wildman–Crippen LogP) is 2.97. The molecule has 4 nitrogen and oxygen atoms in total. The summed E-state index contributed by atoms with van der Waals surface area (Å²) >= 11 is 7.16. The standard InChI is InChI=1S/C12H12ClN3OS/c1-7-11(12(14)15)18-10(16-7)6-17-9-4-2-8(13)3-5-9/h2-5H,6H2,1H3,(H3,14,15). The summed E-state index contributed by atoms with van der Waals surface area (Å²) < 4.78 is 5.57. The molecule has 0 unspecified atom stereocenters. The molecule has 1 aromatic carbocycles. The largest absolute Gasteiger partial charge is 0.486 e. The molecule has 94 valence electrons. The molecule has 0 radical (unpaired) electrons. The van der Waals surface area contributed by atoms with Crippen LogP contribution in [0.5, 0.6) is 5.75 Å². The summed E-state index contributed by atoms with van der Waals surface area (Å²) in [6.45, 7) is 2.19. The average molecular weight is 282 g/mol. The van der Waals surface area contributed by atoms with Gasteiger partial charge in [0.2, 0.25) is 0 Å². The molecule has 2 rings (SSSR count). The Hall–Kier alpha value is -1.59. The van der Waals surface area contributed by atoms with Gasteiger partial charge in [-0.2, -0.15) is 0 Å². The third-order valence-corrected chi connectivity index (χ3v) is 3.68. The highest BCUT2D eigenvalue weighted by Gasteiger charge is 2.10. The van der Waals surface area contributed by atoms with Crippen LogP contribution in [0.25, 0.3) is 0 Å². The molecule has 3 N–H and O–H groups in total. The monoisotopic (exact) mass is 281 g/mol. The summed E-state index contributed by atoms with van der Waals surface area (Å²) in [6, 6.07) is 7.14. The summed E-state index contributed by atoms with van der Waals surface area (Å²) in [5, 5.41) is 8.87. The van der Waals surface area contributed by atoms with Crippen LogP contribution < -0.4 is 10.5 Å². The second-order valence-corrected chi connectivity index (χ2v) is 5.20. The summed E-state index contributed by atoms with van der Waals surface area (Å²) in [4.78, 5) is 5.01. The van der Waals surface area contributed by atoms with Crippen LogP contribution >= 0.6 is 22.9 Å². The van der Waals surface area contributed by atoms with E-state index in [-0.39, 0.29) is 5.84 Å². The van der Waals surface area contributed by atoms with Crippen molar-refractivity contribution < 1.29 is 4.74 Å². The summed E-state index contributed by atoms with van der Waals surface area (Å²) in [7, 11) is 0. The van der Waals surface area contributed by atoms with Gasteiger partial charge in [0.25, 0.3) is 0 Å². The van der Waals surface area contributed by atoms with Crippen molar-refractivity contribution in [2.24, 2.45) is 5.73 Å². The molecule has 2 aromatic rings. The van der Waals surface area contributed by atoms with Crippen LogP contribution in [0.2, 0.25) is 5.02 Å². The molecule has 0 fully saturated rings. The first kappa shape index (κ1) is 12.9. The number of hydrogen-bond acceptors (Lipinski definition) is 4. The molecular formula is C12H12ClN3OS. The minimum Gasteiger partial charge on any atom is -0.486 e. The first-order valence-electron chi connectivity index (χ1n) is 5.25. The second kappa shape index (κ2) is 5.37. The number of thiazole rings is 1. The number of benzene rings is 1. The molecule has 1 aromatic heterocycles. The molecule has 0 aliphatic heterocycles. The van der Waals surface area contributed by atoms with E-state index in [1.54, 1.807) is 24.3 Å². The Balaban J connectivity index is 2.04. The molecule has 0 saturated heterocycles. The number of aryl methyl sites for hydroxylation is 1. The Morgan fingerprint density at radius 1 is 1.44 bits per heavy atom. The van der Waals surface area contributed by atoms with Gasteiger partial charge in [0.15, 0.2) is 0 Å². The van der Waals surface area contributed by atoms with E-state index < -0.39 is 0 Å². The SMILES string of the molecule is Cc1nc(COc2ccc(Cl)cc2)sc1C(=N)N. The van der Waals surface area contributed by atoms with E-state index in [2.05, 4.69) is 4.98 Å². The molecule has 0 aliphatic rings. The fourth-order valence-corrected chi connectivity index (χ4v) is 2.41. The smallest absolute Gasteiger partial charge is 0.140 e. The van der Waals surface area contributed by atoms with E-state index in [1.165, 1.54) is 11.3 Å². The molecule has 0 atom stereocenters. The molecular weight excluding hydrogens is 270 g/mol. The fraction of sp³-hybridized carbons (Fsp3) is 0.167. The van der Waals surface area contributed by atoms with Gasteiger partial charge in [0, 0.05) is 5.02 Å². The van der Waals surface area contributed by atoms with Gasteiger partial charge >= 0.3 is 0 Å². The number of ether oxygens (including phenoxy) is 1. The van der Waals surface area contributed by atoms with Crippen LogP contribution in [-0.2, 0) is 6.61 Å². The van der Waals surface area contributed by atoms with Gasteiger partial charge in [-0.15, -0.1) is 11.3 Å². The zero-order valence-electron chi connectivity index (χ0n) is 9.74. The molecule has 1 heterocycles. The van der Waals surface area contributed by atoms with Crippen molar-refractivity contribution in [3.8, 4) is 5.75 Å². The Morgan fingerprint density at radius 3 is 2.67 bits per heavy atom. The number of nitrogens with zero attached hydrogens (tertiary/aromatic N) is 1. The topological polar surface area (TPSA) is 72.0 Å². The Bertz CT molecular complexity index is 565. The minimum atomic E-state index is 0.0442. The lowest BCUT2D eigenvalue weighted by molar-refractivity contribution is 0.305. The van der Waals surface area contributed by atoms with E-state index in [0.717, 1.165) is 16.5 Å². The van der Waals surface area contributed by atoms with Crippen molar-refractivity contribution >= 4 is 28.8 Å². The maximum absolute atomic E-state index is 7.40. The van der Waals surface area contributed by atoms with Gasteiger partial charge in [-0.3, -0.25) is 5.41 Å². The van der Waals surface area contributed by atoms with Crippen LogP contribution in [-0.4, -0.2) is 10.8 Å². The Morgan fingerprint density at radius 2 is 2.11 bits per heavy atom. The van der Waals surface area contributed by atoms with E-state index >= 15 is 0 Å². The summed E-state index contributed by atoms with van der Waals surface area (Å²) in [5.41, 5.74) is 6.22. The van der Waals surface area contributed by atoms with Gasteiger partial charge in [-0.05, 0) is 31.2 Å². The molecule has 0 saturated carbocycles. The van der Waals surface area contributed by atoms with Crippen LogP contribution in [0.15, 0.2) is 24.3 Å². The maximum atomic E-state index is 7.40. The van der Waals surface area contributed by atoms with Crippen molar-refractivity contribution in [1.29, 1.82) is 5.41 Å². The number of amidine groups is 1. The fourth-order valence-electron chi connectivity index (χ4n) is 1.44. The second-order valence-electron chi connectivity index (χ2n) is 3.68. The summed E-state index contributed by atoms with van der Waals surface area (Å²) in [6.07, 6.45) is 0. The highest BCUT2D eigenvalue weighted by molar-refractivity contribution is 7.13. The number of nitrogens with two attached hydrogens (primary N) is 1. The zero-order chi connectivity index (χ0) is 13.1. The Kier molecular flexibility index (Phi) is 3.84. The zero-order valence-corrected chi connectivity index (χ0v) is 11.3. The van der Waals surface area contributed by atoms with Crippen molar-refractivity contribution in [3.05, 3.63) is 44.9 Å². The number of nitrogens with one attached hydrogen (secondary N) is 1. The number of aromatic nitrogens is 1. The van der Waals surface area contributed by atoms with E-state index in [9.17, 15) is 0 Å². The van der Waals surface area contributed by atoms with Gasteiger partial charge in [0.1, 0.15) is 23.2 Å².